The van der Waals surface area contributed by atoms with Crippen molar-refractivity contribution in [3.05, 3.63) is 57.5 Å². The second-order valence-corrected chi connectivity index (χ2v) is 9.55. The van der Waals surface area contributed by atoms with Crippen molar-refractivity contribution in [1.82, 2.24) is 9.21 Å². The van der Waals surface area contributed by atoms with Gasteiger partial charge in [-0.25, -0.2) is 8.42 Å². The van der Waals surface area contributed by atoms with Crippen molar-refractivity contribution in [3.63, 3.8) is 0 Å². The average molecular weight is 488 g/mol. The van der Waals surface area contributed by atoms with Crippen LogP contribution < -0.4 is 4.74 Å². The molecule has 0 radical (unpaired) electrons. The maximum Gasteiger partial charge on any atom is 0.243 e. The lowest BCUT2D eigenvalue weighted by Gasteiger charge is -2.34. The van der Waals surface area contributed by atoms with Crippen molar-refractivity contribution in [1.29, 1.82) is 0 Å². The number of benzene rings is 2. The van der Waals surface area contributed by atoms with Crippen molar-refractivity contribution in [2.75, 3.05) is 33.3 Å². The summed E-state index contributed by atoms with van der Waals surface area (Å²) >= 11 is 9.44. The first-order valence-electron chi connectivity index (χ1n) is 8.68. The van der Waals surface area contributed by atoms with Gasteiger partial charge >= 0.3 is 0 Å². The van der Waals surface area contributed by atoms with Crippen LogP contribution in [0.2, 0.25) is 5.02 Å². The largest absolute Gasteiger partial charge is 0.496 e. The van der Waals surface area contributed by atoms with Gasteiger partial charge in [0.25, 0.3) is 0 Å². The van der Waals surface area contributed by atoms with Crippen LogP contribution in [0.15, 0.2) is 51.8 Å². The van der Waals surface area contributed by atoms with E-state index in [0.717, 1.165) is 5.56 Å². The maximum absolute atomic E-state index is 12.9. The summed E-state index contributed by atoms with van der Waals surface area (Å²) in [6.07, 6.45) is 0.206. The molecule has 3 rings (SSSR count). The monoisotopic (exact) mass is 486 g/mol. The Labute approximate surface area is 178 Å². The van der Waals surface area contributed by atoms with Gasteiger partial charge in [0.15, 0.2) is 0 Å². The molecule has 0 saturated carbocycles. The number of halogens is 2. The molecule has 1 heterocycles. The predicted octanol–water partition coefficient (Wildman–Crippen LogP) is 3.19. The molecule has 9 heteroatoms. The van der Waals surface area contributed by atoms with Gasteiger partial charge < -0.3 is 9.64 Å². The zero-order valence-corrected chi connectivity index (χ0v) is 18.4. The molecular formula is C19H20BrClN2O4S. The fourth-order valence-electron chi connectivity index (χ4n) is 3.05. The van der Waals surface area contributed by atoms with E-state index >= 15 is 0 Å². The third kappa shape index (κ3) is 4.51. The molecule has 2 aromatic rings. The van der Waals surface area contributed by atoms with Gasteiger partial charge in [-0.15, -0.1) is 0 Å². The number of carbonyl (C=O) groups excluding carboxylic acids is 1. The Morgan fingerprint density at radius 1 is 1.14 bits per heavy atom. The first kappa shape index (κ1) is 21.1. The van der Waals surface area contributed by atoms with E-state index in [0.29, 0.717) is 28.3 Å². The first-order chi connectivity index (χ1) is 13.3. The fraction of sp³-hybridized carbons (Fsp3) is 0.316. The van der Waals surface area contributed by atoms with Gasteiger partial charge in [0.1, 0.15) is 5.75 Å². The van der Waals surface area contributed by atoms with Crippen LogP contribution in [0, 0.1) is 0 Å². The molecule has 2 aromatic carbocycles. The molecule has 0 bridgehead atoms. The van der Waals surface area contributed by atoms with E-state index in [1.165, 1.54) is 23.5 Å². The summed E-state index contributed by atoms with van der Waals surface area (Å²) in [5.74, 6) is 0.506. The van der Waals surface area contributed by atoms with Crippen LogP contribution in [0.25, 0.3) is 0 Å². The normalized spacial score (nSPS) is 15.5. The minimum Gasteiger partial charge on any atom is -0.496 e. The number of piperazine rings is 1. The number of carbonyl (C=O) groups is 1. The lowest BCUT2D eigenvalue weighted by Crippen LogP contribution is -2.50. The van der Waals surface area contributed by atoms with Crippen LogP contribution in [0.1, 0.15) is 5.56 Å². The van der Waals surface area contributed by atoms with Gasteiger partial charge in [0.05, 0.1) is 22.9 Å². The van der Waals surface area contributed by atoms with E-state index in [1.54, 1.807) is 17.0 Å². The number of ether oxygens (including phenoxy) is 1. The van der Waals surface area contributed by atoms with Gasteiger partial charge in [-0.3, -0.25) is 4.79 Å². The second kappa shape index (κ2) is 8.82. The molecule has 6 nitrogen and oxygen atoms in total. The zero-order chi connectivity index (χ0) is 20.3. The third-order valence-corrected chi connectivity index (χ3v) is 7.53. The maximum atomic E-state index is 12.9. The smallest absolute Gasteiger partial charge is 0.243 e. The minimum atomic E-state index is -3.64. The molecule has 1 aliphatic rings. The van der Waals surface area contributed by atoms with Crippen molar-refractivity contribution in [2.24, 2.45) is 0 Å². The van der Waals surface area contributed by atoms with Crippen molar-refractivity contribution < 1.29 is 17.9 Å². The summed E-state index contributed by atoms with van der Waals surface area (Å²) < 4.78 is 32.9. The molecule has 0 atom stereocenters. The van der Waals surface area contributed by atoms with Gasteiger partial charge in [-0.2, -0.15) is 4.31 Å². The average Bonchev–Trinajstić information content (AvgIpc) is 2.69. The summed E-state index contributed by atoms with van der Waals surface area (Å²) in [5.41, 5.74) is 0.771. The fourth-order valence-corrected chi connectivity index (χ4v) is 5.39. The Bertz CT molecular complexity index is 976. The van der Waals surface area contributed by atoms with Crippen LogP contribution in [0.4, 0.5) is 0 Å². The Hall–Kier alpha value is -1.61. The quantitative estimate of drug-likeness (QED) is 0.650. The molecule has 0 spiro atoms. The standard InChI is InChI=1S/C19H20BrClN2O4S/c1-27-18-7-6-15(13-16(18)20)28(25,26)23-10-8-22(9-11-23)19(24)12-14-4-2-3-5-17(14)21/h2-7,13H,8-12H2,1H3. The van der Waals surface area contributed by atoms with E-state index in [1.807, 2.05) is 18.2 Å². The lowest BCUT2D eigenvalue weighted by atomic mass is 10.1. The third-order valence-electron chi connectivity index (χ3n) is 4.65. The van der Waals surface area contributed by atoms with E-state index in [9.17, 15) is 13.2 Å². The summed E-state index contributed by atoms with van der Waals surface area (Å²) in [5, 5.41) is 0.558. The Morgan fingerprint density at radius 3 is 2.43 bits per heavy atom. The molecule has 1 aliphatic heterocycles. The molecule has 0 N–H and O–H groups in total. The van der Waals surface area contributed by atoms with Gasteiger partial charge in [0.2, 0.25) is 15.9 Å². The van der Waals surface area contributed by atoms with Crippen LogP contribution in [-0.2, 0) is 21.2 Å². The molecule has 150 valence electrons. The number of hydrogen-bond acceptors (Lipinski definition) is 4. The molecule has 0 unspecified atom stereocenters. The predicted molar refractivity (Wildman–Crippen MR) is 111 cm³/mol. The van der Waals surface area contributed by atoms with Crippen molar-refractivity contribution >= 4 is 43.5 Å². The van der Waals surface area contributed by atoms with E-state index in [-0.39, 0.29) is 30.3 Å². The summed E-state index contributed by atoms with van der Waals surface area (Å²) in [6.45, 7) is 1.19. The summed E-state index contributed by atoms with van der Waals surface area (Å²) in [7, 11) is -2.11. The highest BCUT2D eigenvalue weighted by atomic mass is 79.9. The molecule has 0 aliphatic carbocycles. The number of nitrogens with zero attached hydrogens (tertiary/aromatic N) is 2. The van der Waals surface area contributed by atoms with E-state index in [2.05, 4.69) is 15.9 Å². The van der Waals surface area contributed by atoms with E-state index < -0.39 is 10.0 Å². The Morgan fingerprint density at radius 2 is 1.82 bits per heavy atom. The Balaban J connectivity index is 1.65. The number of hydrogen-bond donors (Lipinski definition) is 0. The van der Waals surface area contributed by atoms with E-state index in [4.69, 9.17) is 16.3 Å². The van der Waals surface area contributed by atoms with Crippen molar-refractivity contribution in [2.45, 2.75) is 11.3 Å². The summed E-state index contributed by atoms with van der Waals surface area (Å²) in [6, 6.07) is 11.9. The zero-order valence-electron chi connectivity index (χ0n) is 15.3. The molecule has 1 amide bonds. The van der Waals surface area contributed by atoms with Crippen LogP contribution in [0.5, 0.6) is 5.75 Å². The number of methoxy groups -OCH3 is 1. The highest BCUT2D eigenvalue weighted by Gasteiger charge is 2.30. The number of sulfonamides is 1. The lowest BCUT2D eigenvalue weighted by molar-refractivity contribution is -0.131. The molecule has 0 aromatic heterocycles. The van der Waals surface area contributed by atoms with Gasteiger partial charge in [-0.05, 0) is 45.8 Å². The SMILES string of the molecule is COc1ccc(S(=O)(=O)N2CCN(C(=O)Cc3ccccc3Cl)CC2)cc1Br. The minimum absolute atomic E-state index is 0.0580. The number of rotatable bonds is 5. The number of amides is 1. The second-order valence-electron chi connectivity index (χ2n) is 6.35. The van der Waals surface area contributed by atoms with Gasteiger partial charge in [0, 0.05) is 31.2 Å². The molecule has 1 saturated heterocycles. The topological polar surface area (TPSA) is 66.9 Å². The van der Waals surface area contributed by atoms with Crippen LogP contribution in [-0.4, -0.2) is 56.8 Å². The first-order valence-corrected chi connectivity index (χ1v) is 11.3. The van der Waals surface area contributed by atoms with Crippen LogP contribution in [0.3, 0.4) is 0 Å². The highest BCUT2D eigenvalue weighted by Crippen LogP contribution is 2.29. The van der Waals surface area contributed by atoms with Gasteiger partial charge in [-0.1, -0.05) is 29.8 Å². The Kier molecular flexibility index (Phi) is 6.65. The molecular weight excluding hydrogens is 468 g/mol. The highest BCUT2D eigenvalue weighted by molar-refractivity contribution is 9.10. The van der Waals surface area contributed by atoms with Crippen molar-refractivity contribution in [3.8, 4) is 5.75 Å². The summed E-state index contributed by atoms with van der Waals surface area (Å²) in [4.78, 5) is 14.4. The molecule has 28 heavy (non-hydrogen) atoms. The van der Waals surface area contributed by atoms with Crippen LogP contribution >= 0.6 is 27.5 Å². The molecule has 1 fully saturated rings.